The van der Waals surface area contributed by atoms with Gasteiger partial charge >= 0.3 is 0 Å². The largest absolute Gasteiger partial charge is 0.392 e. The van der Waals surface area contributed by atoms with Crippen molar-refractivity contribution in [2.75, 3.05) is 13.7 Å². The van der Waals surface area contributed by atoms with Gasteiger partial charge in [0.1, 0.15) is 18.0 Å². The molecule has 0 radical (unpaired) electrons. The van der Waals surface area contributed by atoms with Gasteiger partial charge in [-0.2, -0.15) is 0 Å². The summed E-state index contributed by atoms with van der Waals surface area (Å²) in [5.74, 6) is -0.913. The molecule has 8 heterocycles. The van der Waals surface area contributed by atoms with Gasteiger partial charge < -0.3 is 53.8 Å². The predicted octanol–water partition coefficient (Wildman–Crippen LogP) is 3.67. The molecule has 12 nitrogen and oxygen atoms in total. The first kappa shape index (κ1) is 38.6. The van der Waals surface area contributed by atoms with E-state index in [0.29, 0.717) is 32.1 Å². The van der Waals surface area contributed by atoms with Gasteiger partial charge in [-0.25, -0.2) is 0 Å². The van der Waals surface area contributed by atoms with Crippen molar-refractivity contribution in [3.05, 3.63) is 24.3 Å². The zero-order chi connectivity index (χ0) is 37.2. The maximum absolute atomic E-state index is 14.1. The lowest BCUT2D eigenvalue weighted by atomic mass is 9.80. The summed E-state index contributed by atoms with van der Waals surface area (Å²) in [6, 6.07) is 0. The summed E-state index contributed by atoms with van der Waals surface area (Å²) in [4.78, 5) is 14.1. The molecule has 10 bridgehead atoms. The van der Waals surface area contributed by atoms with Crippen LogP contribution in [0.3, 0.4) is 0 Å². The standard InChI is InChI=1S/C41H63NO11/c1-20-12-26-6-8-31-21(2)13-28(47-31)10-11-41-18-30(45)39(53-41)36-23(4)37(52-41)40-32(51-36)9-7-27(49-40)14-24(43)15-29-34(17-33(48-26)22(20)3)50-35(38(29)46-5)16-25(44)19-42/h20,23,25-40,44-45H,2-3,6-19,42H2,1,4-5H3/t20-,23-,25+,26?,27?,28+,29+,30-,31?,32+,33-,34?,35?,36-,37-,38-,39+,40+,41-/m1/s1. The van der Waals surface area contributed by atoms with Crippen molar-refractivity contribution in [1.82, 2.24) is 0 Å². The van der Waals surface area contributed by atoms with E-state index < -0.39 is 30.2 Å². The minimum atomic E-state index is -0.966. The average Bonchev–Trinajstić information content (AvgIpc) is 3.75. The smallest absolute Gasteiger partial charge is 0.172 e. The topological polar surface area (TPSA) is 157 Å². The molecule has 8 aliphatic heterocycles. The fourth-order valence-corrected chi connectivity index (χ4v) is 11.1. The number of ketones is 1. The molecule has 5 unspecified atom stereocenters. The Labute approximate surface area is 314 Å². The van der Waals surface area contributed by atoms with E-state index in [1.807, 2.05) is 0 Å². The number of fused-ring (bicyclic) bond motifs is 9. The molecule has 8 aliphatic rings. The summed E-state index contributed by atoms with van der Waals surface area (Å²) in [5, 5.41) is 21.8. The summed E-state index contributed by atoms with van der Waals surface area (Å²) in [5.41, 5.74) is 7.96. The molecule has 4 N–H and O–H groups in total. The lowest BCUT2D eigenvalue weighted by molar-refractivity contribution is -0.290. The zero-order valence-electron chi connectivity index (χ0n) is 31.9. The number of hydrogen-bond donors (Lipinski definition) is 3. The fraction of sp³-hybridized carbons (Fsp3) is 0.878. The van der Waals surface area contributed by atoms with Crippen LogP contribution in [0.25, 0.3) is 0 Å². The van der Waals surface area contributed by atoms with E-state index in [-0.39, 0.29) is 110 Å². The number of rotatable bonds is 4. The normalized spacial score (nSPS) is 51.1. The first-order valence-electron chi connectivity index (χ1n) is 20.5. The van der Waals surface area contributed by atoms with Gasteiger partial charge in [-0.05, 0) is 62.0 Å². The maximum atomic E-state index is 14.1. The van der Waals surface area contributed by atoms with Crippen LogP contribution in [0.1, 0.15) is 97.3 Å². The lowest BCUT2D eigenvalue weighted by Gasteiger charge is -2.50. The Morgan fingerprint density at radius 3 is 2.40 bits per heavy atom. The summed E-state index contributed by atoms with van der Waals surface area (Å²) >= 11 is 0. The second-order valence-electron chi connectivity index (χ2n) is 17.7. The second-order valence-corrected chi connectivity index (χ2v) is 17.7. The molecule has 8 saturated heterocycles. The van der Waals surface area contributed by atoms with Crippen LogP contribution in [-0.4, -0.2) is 127 Å². The van der Waals surface area contributed by atoms with Gasteiger partial charge in [-0.1, -0.05) is 27.0 Å². The Balaban J connectivity index is 1.07. The van der Waals surface area contributed by atoms with E-state index in [0.717, 1.165) is 49.7 Å². The summed E-state index contributed by atoms with van der Waals surface area (Å²) in [6.07, 6.45) is 3.08. The third kappa shape index (κ3) is 7.61. The Bertz CT molecular complexity index is 1360. The molecule has 1 spiro atoms. The van der Waals surface area contributed by atoms with Crippen LogP contribution in [0.15, 0.2) is 24.3 Å². The number of ether oxygens (including phenoxy) is 8. The van der Waals surface area contributed by atoms with Gasteiger partial charge in [0.25, 0.3) is 0 Å². The van der Waals surface area contributed by atoms with Gasteiger partial charge in [0.15, 0.2) is 5.79 Å². The number of carbonyl (C=O) groups is 1. The number of methoxy groups -OCH3 is 1. The van der Waals surface area contributed by atoms with Crippen molar-refractivity contribution in [2.45, 2.75) is 195 Å². The van der Waals surface area contributed by atoms with E-state index in [1.165, 1.54) is 0 Å². The summed E-state index contributed by atoms with van der Waals surface area (Å²) in [6.45, 7) is 13.3. The number of nitrogens with two attached hydrogens (primary N) is 1. The van der Waals surface area contributed by atoms with Crippen LogP contribution < -0.4 is 5.73 Å². The van der Waals surface area contributed by atoms with E-state index >= 15 is 0 Å². The van der Waals surface area contributed by atoms with Gasteiger partial charge in [-0.15, -0.1) is 0 Å². The van der Waals surface area contributed by atoms with Gasteiger partial charge in [-0.3, -0.25) is 4.79 Å². The molecule has 53 heavy (non-hydrogen) atoms. The van der Waals surface area contributed by atoms with E-state index in [9.17, 15) is 15.0 Å². The molecular formula is C41H63NO11. The van der Waals surface area contributed by atoms with Crippen LogP contribution in [0.4, 0.5) is 0 Å². The van der Waals surface area contributed by atoms with E-state index in [4.69, 9.17) is 43.6 Å². The molecule has 0 aromatic rings. The maximum Gasteiger partial charge on any atom is 0.172 e. The number of aliphatic hydroxyl groups excluding tert-OH is 2. The van der Waals surface area contributed by atoms with Crippen molar-refractivity contribution >= 4 is 5.78 Å². The van der Waals surface area contributed by atoms with Gasteiger partial charge in [0.2, 0.25) is 0 Å². The van der Waals surface area contributed by atoms with Crippen LogP contribution >= 0.6 is 0 Å². The van der Waals surface area contributed by atoms with Gasteiger partial charge in [0, 0.05) is 64.0 Å². The highest BCUT2D eigenvalue weighted by atomic mass is 16.7. The minimum absolute atomic E-state index is 0.0110. The first-order chi connectivity index (χ1) is 25.4. The molecular weight excluding hydrogens is 682 g/mol. The highest BCUT2D eigenvalue weighted by Gasteiger charge is 2.62. The zero-order valence-corrected chi connectivity index (χ0v) is 31.9. The number of aliphatic hydroxyl groups is 2. The van der Waals surface area contributed by atoms with E-state index in [2.05, 4.69) is 27.0 Å². The van der Waals surface area contributed by atoms with Crippen molar-refractivity contribution in [2.24, 2.45) is 23.5 Å². The quantitative estimate of drug-likeness (QED) is 0.360. The molecule has 0 aromatic carbocycles. The summed E-state index contributed by atoms with van der Waals surface area (Å²) < 4.78 is 53.3. The molecule has 8 fully saturated rings. The third-order valence-corrected chi connectivity index (χ3v) is 14.1. The fourth-order valence-electron chi connectivity index (χ4n) is 11.1. The number of carbonyl (C=O) groups excluding carboxylic acids is 1. The molecule has 12 heteroatoms. The minimum Gasteiger partial charge on any atom is -0.392 e. The summed E-state index contributed by atoms with van der Waals surface area (Å²) in [7, 11) is 1.65. The van der Waals surface area contributed by atoms with Crippen LogP contribution in [-0.2, 0) is 42.7 Å². The third-order valence-electron chi connectivity index (χ3n) is 14.1. The van der Waals surface area contributed by atoms with Crippen LogP contribution in [0.2, 0.25) is 0 Å². The van der Waals surface area contributed by atoms with Crippen LogP contribution in [0, 0.1) is 17.8 Å². The average molecular weight is 746 g/mol. The van der Waals surface area contributed by atoms with Crippen LogP contribution in [0.5, 0.6) is 0 Å². The molecule has 19 atom stereocenters. The molecule has 8 rings (SSSR count). The molecule has 0 saturated carbocycles. The number of Topliss-reactive ketones (excluding diaryl/α,β-unsaturated/α-hetero) is 1. The molecule has 0 aromatic heterocycles. The molecule has 0 aliphatic carbocycles. The second kappa shape index (κ2) is 15.6. The van der Waals surface area contributed by atoms with Gasteiger partial charge in [0.05, 0.1) is 79.4 Å². The number of hydrogen-bond acceptors (Lipinski definition) is 12. The Kier molecular flexibility index (Phi) is 11.3. The Hall–Kier alpha value is -1.29. The monoisotopic (exact) mass is 745 g/mol. The predicted molar refractivity (Wildman–Crippen MR) is 193 cm³/mol. The highest BCUT2D eigenvalue weighted by molar-refractivity contribution is 5.79. The molecule has 298 valence electrons. The van der Waals surface area contributed by atoms with E-state index in [1.54, 1.807) is 7.11 Å². The van der Waals surface area contributed by atoms with Crippen molar-refractivity contribution in [3.8, 4) is 0 Å². The SMILES string of the molecule is C=C1C[C@@H]2CC[C@]34C[C@@H](O)[C@H](O3)[C@@H]3O[C@H]5CCC(CC(=O)C[C@H]6C(C[C@H]7OC(CCC1O2)C[C@@H](C)C7=C)OC(C[C@H](O)CN)[C@@H]6OC)O[C@@H]5[C@H](O4)[C@@H]3C. The van der Waals surface area contributed by atoms with Crippen molar-refractivity contribution in [3.63, 3.8) is 0 Å². The Morgan fingerprint density at radius 2 is 1.60 bits per heavy atom. The lowest BCUT2D eigenvalue weighted by Crippen LogP contribution is -2.62. The molecule has 0 amide bonds. The highest BCUT2D eigenvalue weighted by Crippen LogP contribution is 2.51. The van der Waals surface area contributed by atoms with Crippen molar-refractivity contribution < 1.29 is 52.9 Å². The first-order valence-corrected chi connectivity index (χ1v) is 20.5. The Morgan fingerprint density at radius 1 is 0.849 bits per heavy atom. The van der Waals surface area contributed by atoms with Crippen molar-refractivity contribution in [1.29, 1.82) is 0 Å².